The molecule has 0 bridgehead atoms. The van der Waals surface area contributed by atoms with E-state index in [1.165, 1.54) is 21.6 Å². The smallest absolute Gasteiger partial charge is 0.204 e. The van der Waals surface area contributed by atoms with Crippen LogP contribution in [0, 0.1) is 13.8 Å². The molecule has 0 spiro atoms. The maximum absolute atomic E-state index is 4.79. The van der Waals surface area contributed by atoms with Crippen LogP contribution in [-0.2, 0) is 6.42 Å². The van der Waals surface area contributed by atoms with Crippen molar-refractivity contribution in [2.45, 2.75) is 33.6 Å². The first-order chi connectivity index (χ1) is 12.2. The lowest BCUT2D eigenvalue weighted by Crippen LogP contribution is -1.92. The predicted molar refractivity (Wildman–Crippen MR) is 106 cm³/mol. The van der Waals surface area contributed by atoms with E-state index in [1.807, 2.05) is 18.2 Å². The van der Waals surface area contributed by atoms with Crippen LogP contribution in [0.1, 0.15) is 35.0 Å². The minimum absolute atomic E-state index is 0.811. The van der Waals surface area contributed by atoms with E-state index < -0.39 is 0 Å². The van der Waals surface area contributed by atoms with Crippen molar-refractivity contribution in [3.05, 3.63) is 64.3 Å². The van der Waals surface area contributed by atoms with Gasteiger partial charge in [0.05, 0.1) is 17.6 Å². The monoisotopic (exact) mass is 350 g/mol. The lowest BCUT2D eigenvalue weighted by Gasteiger charge is -2.06. The molecular weight excluding hydrogens is 328 g/mol. The second-order valence-corrected chi connectivity index (χ2v) is 7.07. The Balaban J connectivity index is 1.85. The molecule has 0 aliphatic rings. The number of aromatic nitrogens is 2. The lowest BCUT2D eigenvalue weighted by molar-refractivity contribution is 0.938. The Morgan fingerprint density at radius 3 is 2.80 bits per heavy atom. The first-order valence-corrected chi connectivity index (χ1v) is 9.26. The zero-order chi connectivity index (χ0) is 17.6. The highest BCUT2D eigenvalue weighted by Gasteiger charge is 2.14. The highest BCUT2D eigenvalue weighted by atomic mass is 32.1. The standard InChI is InChI=1S/C20H22N4S/c1-4-7-18-19(17-10-9-14(2)12-15(17)3)23-20(25-18)24-22-13-16-8-5-6-11-21-16/h5-6,8-13H,4,7H2,1-3H3,(H,23,24). The van der Waals surface area contributed by atoms with Gasteiger partial charge in [0.15, 0.2) is 0 Å². The van der Waals surface area contributed by atoms with E-state index in [0.29, 0.717) is 0 Å². The molecule has 5 heteroatoms. The SMILES string of the molecule is CCCc1sc(NN=Cc2ccccn2)nc1-c1ccc(C)cc1C. The number of thiazole rings is 1. The molecule has 128 valence electrons. The summed E-state index contributed by atoms with van der Waals surface area (Å²) in [6, 6.07) is 12.3. The molecule has 0 saturated heterocycles. The quantitative estimate of drug-likeness (QED) is 0.490. The molecule has 3 aromatic rings. The summed E-state index contributed by atoms with van der Waals surface area (Å²) in [6.07, 6.45) is 5.57. The van der Waals surface area contributed by atoms with Crippen molar-refractivity contribution < 1.29 is 0 Å². The number of rotatable bonds is 6. The Morgan fingerprint density at radius 2 is 2.08 bits per heavy atom. The van der Waals surface area contributed by atoms with E-state index in [4.69, 9.17) is 4.98 Å². The third-order valence-electron chi connectivity index (χ3n) is 3.86. The fraction of sp³-hybridized carbons (Fsp3) is 0.250. The molecule has 25 heavy (non-hydrogen) atoms. The van der Waals surface area contributed by atoms with E-state index in [0.717, 1.165) is 29.4 Å². The molecule has 0 atom stereocenters. The van der Waals surface area contributed by atoms with Crippen LogP contribution < -0.4 is 5.43 Å². The van der Waals surface area contributed by atoms with Crippen molar-refractivity contribution in [1.29, 1.82) is 0 Å². The van der Waals surface area contributed by atoms with E-state index in [-0.39, 0.29) is 0 Å². The summed E-state index contributed by atoms with van der Waals surface area (Å²) in [5.74, 6) is 0. The second kappa shape index (κ2) is 8.03. The molecule has 2 aromatic heterocycles. The summed E-state index contributed by atoms with van der Waals surface area (Å²) in [4.78, 5) is 10.3. The zero-order valence-electron chi connectivity index (χ0n) is 14.8. The van der Waals surface area contributed by atoms with Gasteiger partial charge in [-0.3, -0.25) is 10.4 Å². The average molecular weight is 350 g/mol. The molecule has 3 rings (SSSR count). The van der Waals surface area contributed by atoms with E-state index in [1.54, 1.807) is 23.7 Å². The molecular formula is C20H22N4S. The molecule has 0 amide bonds. The van der Waals surface area contributed by atoms with Crippen LogP contribution >= 0.6 is 11.3 Å². The Morgan fingerprint density at radius 1 is 1.20 bits per heavy atom. The van der Waals surface area contributed by atoms with Crippen LogP contribution in [0.2, 0.25) is 0 Å². The van der Waals surface area contributed by atoms with Gasteiger partial charge in [-0.15, -0.1) is 0 Å². The van der Waals surface area contributed by atoms with Gasteiger partial charge in [0.1, 0.15) is 0 Å². The molecule has 4 nitrogen and oxygen atoms in total. The summed E-state index contributed by atoms with van der Waals surface area (Å²) in [5.41, 5.74) is 8.66. The van der Waals surface area contributed by atoms with Crippen molar-refractivity contribution >= 4 is 22.7 Å². The van der Waals surface area contributed by atoms with Gasteiger partial charge in [0.25, 0.3) is 0 Å². The fourth-order valence-corrected chi connectivity index (χ4v) is 3.72. The van der Waals surface area contributed by atoms with Gasteiger partial charge in [-0.05, 0) is 38.0 Å². The second-order valence-electron chi connectivity index (χ2n) is 5.98. The number of nitrogens with one attached hydrogen (secondary N) is 1. The molecule has 0 unspecified atom stereocenters. The molecule has 0 fully saturated rings. The lowest BCUT2D eigenvalue weighted by atomic mass is 10.0. The summed E-state index contributed by atoms with van der Waals surface area (Å²) >= 11 is 1.67. The molecule has 0 saturated carbocycles. The first kappa shape index (κ1) is 17.3. The highest BCUT2D eigenvalue weighted by molar-refractivity contribution is 7.16. The van der Waals surface area contributed by atoms with Gasteiger partial charge in [-0.25, -0.2) is 4.98 Å². The van der Waals surface area contributed by atoms with Gasteiger partial charge in [-0.2, -0.15) is 5.10 Å². The minimum Gasteiger partial charge on any atom is -0.255 e. The maximum atomic E-state index is 4.79. The topological polar surface area (TPSA) is 50.2 Å². The Kier molecular flexibility index (Phi) is 5.56. The van der Waals surface area contributed by atoms with E-state index >= 15 is 0 Å². The Hall–Kier alpha value is -2.53. The van der Waals surface area contributed by atoms with Crippen LogP contribution in [0.3, 0.4) is 0 Å². The van der Waals surface area contributed by atoms with Crippen molar-refractivity contribution in [1.82, 2.24) is 9.97 Å². The molecule has 1 aromatic carbocycles. The van der Waals surface area contributed by atoms with Gasteiger partial charge in [-0.1, -0.05) is 54.5 Å². The van der Waals surface area contributed by atoms with Crippen molar-refractivity contribution in [2.24, 2.45) is 5.10 Å². The Bertz CT molecular complexity index is 869. The van der Waals surface area contributed by atoms with Crippen molar-refractivity contribution in [3.8, 4) is 11.3 Å². The van der Waals surface area contributed by atoms with Gasteiger partial charge in [0.2, 0.25) is 5.13 Å². The highest BCUT2D eigenvalue weighted by Crippen LogP contribution is 2.34. The van der Waals surface area contributed by atoms with Crippen LogP contribution in [0.15, 0.2) is 47.7 Å². The number of aryl methyl sites for hydroxylation is 3. The normalized spacial score (nSPS) is 11.2. The Labute approximate surface area is 152 Å². The third-order valence-corrected chi connectivity index (χ3v) is 4.88. The van der Waals surface area contributed by atoms with E-state index in [9.17, 15) is 0 Å². The fourth-order valence-electron chi connectivity index (χ4n) is 2.69. The maximum Gasteiger partial charge on any atom is 0.204 e. The number of hydrogen-bond donors (Lipinski definition) is 1. The van der Waals surface area contributed by atoms with Crippen molar-refractivity contribution in [2.75, 3.05) is 5.43 Å². The van der Waals surface area contributed by atoms with Gasteiger partial charge in [0, 0.05) is 16.6 Å². The summed E-state index contributed by atoms with van der Waals surface area (Å²) < 4.78 is 0. The summed E-state index contributed by atoms with van der Waals surface area (Å²) in [7, 11) is 0. The van der Waals surface area contributed by atoms with E-state index in [2.05, 4.69) is 54.5 Å². The molecule has 1 N–H and O–H groups in total. The number of nitrogens with zero attached hydrogens (tertiary/aromatic N) is 3. The number of pyridine rings is 1. The molecule has 0 aliphatic carbocycles. The zero-order valence-corrected chi connectivity index (χ0v) is 15.6. The van der Waals surface area contributed by atoms with Crippen LogP contribution in [0.5, 0.6) is 0 Å². The van der Waals surface area contributed by atoms with Crippen molar-refractivity contribution in [3.63, 3.8) is 0 Å². The van der Waals surface area contributed by atoms with Crippen LogP contribution in [0.4, 0.5) is 5.13 Å². The minimum atomic E-state index is 0.811. The van der Waals surface area contributed by atoms with Crippen LogP contribution in [-0.4, -0.2) is 16.2 Å². The summed E-state index contributed by atoms with van der Waals surface area (Å²) in [5, 5.41) is 5.08. The first-order valence-electron chi connectivity index (χ1n) is 8.45. The summed E-state index contributed by atoms with van der Waals surface area (Å²) in [6.45, 7) is 6.45. The number of hydrogen-bond acceptors (Lipinski definition) is 5. The van der Waals surface area contributed by atoms with Crippen LogP contribution in [0.25, 0.3) is 11.3 Å². The average Bonchev–Trinajstić information content (AvgIpc) is 2.99. The third kappa shape index (κ3) is 4.31. The molecule has 0 radical (unpaired) electrons. The van der Waals surface area contributed by atoms with Gasteiger partial charge < -0.3 is 0 Å². The predicted octanol–water partition coefficient (Wildman–Crippen LogP) is 5.22. The molecule has 2 heterocycles. The number of anilines is 1. The number of hydrazone groups is 1. The number of benzene rings is 1. The largest absolute Gasteiger partial charge is 0.255 e. The molecule has 0 aliphatic heterocycles. The van der Waals surface area contributed by atoms with Gasteiger partial charge >= 0.3 is 0 Å².